The molecule has 9 nitrogen and oxygen atoms in total. The fourth-order valence-corrected chi connectivity index (χ4v) is 5.24. The molecule has 46 heavy (non-hydrogen) atoms. The van der Waals surface area contributed by atoms with Gasteiger partial charge in [0.25, 0.3) is 0 Å². The van der Waals surface area contributed by atoms with Crippen LogP contribution in [-0.4, -0.2) is 74.9 Å². The van der Waals surface area contributed by atoms with E-state index in [-0.39, 0.29) is 32.0 Å². The van der Waals surface area contributed by atoms with E-state index in [0.29, 0.717) is 17.4 Å². The summed E-state index contributed by atoms with van der Waals surface area (Å²) in [4.78, 5) is 35.0. The number of esters is 2. The molecule has 0 heterocycles. The zero-order chi connectivity index (χ0) is 34.4. The number of unbranched alkanes of at least 4 members (excludes halogenated alkanes) is 14. The number of allylic oxidation sites excluding steroid dienone is 4. The molecule has 1 N–H and O–H groups in total. The first-order chi connectivity index (χ1) is 22.0. The number of quaternary nitrogens is 1. The Hall–Kier alpha value is -1.51. The Labute approximate surface area is 281 Å². The van der Waals surface area contributed by atoms with Crippen molar-refractivity contribution >= 4 is 19.8 Å². The number of nitrogens with zero attached hydrogens (tertiary/aromatic N) is 1. The minimum absolute atomic E-state index is 0.0293. The average molecular weight is 675 g/mol. The van der Waals surface area contributed by atoms with Crippen molar-refractivity contribution in [3.05, 3.63) is 24.3 Å². The molecule has 0 rings (SSSR count). The summed E-state index contributed by atoms with van der Waals surface area (Å²) in [6.45, 7) is 4.29. The average Bonchev–Trinajstić information content (AvgIpc) is 2.99. The molecule has 0 amide bonds. The van der Waals surface area contributed by atoms with Crippen LogP contribution in [0.3, 0.4) is 0 Å². The lowest BCUT2D eigenvalue weighted by Crippen LogP contribution is -2.37. The van der Waals surface area contributed by atoms with Crippen LogP contribution in [0.4, 0.5) is 0 Å². The van der Waals surface area contributed by atoms with E-state index in [1.807, 2.05) is 21.1 Å². The largest absolute Gasteiger partial charge is 0.472 e. The Morgan fingerprint density at radius 2 is 1.11 bits per heavy atom. The third kappa shape index (κ3) is 32.4. The standard InChI is InChI=1S/C36H68NO8P/c1-6-8-10-12-14-16-18-20-22-24-26-28-35(38)42-32-34(33-44-46(40,41)43-31-30-37(3,4)5)45-36(39)29-27-25-23-21-19-17-15-13-11-9-7-2/h12-15,34H,6-11,16-33H2,1-5H3/p+1/b14-12-,15-13-/t34-/m1/s1. The molecule has 0 aromatic carbocycles. The second kappa shape index (κ2) is 29.6. The molecule has 0 spiro atoms. The van der Waals surface area contributed by atoms with E-state index in [1.54, 1.807) is 0 Å². The van der Waals surface area contributed by atoms with Gasteiger partial charge in [-0.2, -0.15) is 0 Å². The van der Waals surface area contributed by atoms with E-state index in [9.17, 15) is 19.0 Å². The van der Waals surface area contributed by atoms with Crippen LogP contribution < -0.4 is 0 Å². The van der Waals surface area contributed by atoms with Gasteiger partial charge in [-0.1, -0.05) is 102 Å². The summed E-state index contributed by atoms with van der Waals surface area (Å²) >= 11 is 0. The summed E-state index contributed by atoms with van der Waals surface area (Å²) in [5.74, 6) is -0.825. The van der Waals surface area contributed by atoms with E-state index >= 15 is 0 Å². The Morgan fingerprint density at radius 1 is 0.652 bits per heavy atom. The highest BCUT2D eigenvalue weighted by atomic mass is 31.2. The van der Waals surface area contributed by atoms with Crippen LogP contribution in [0.15, 0.2) is 24.3 Å². The van der Waals surface area contributed by atoms with Crippen molar-refractivity contribution in [2.75, 3.05) is 47.5 Å². The number of carbonyl (C=O) groups excluding carboxylic acids is 2. The van der Waals surface area contributed by atoms with Gasteiger partial charge in [0.15, 0.2) is 6.10 Å². The number of hydrogen-bond donors (Lipinski definition) is 1. The number of likely N-dealkylation sites (N-methyl/N-ethyl adjacent to an activating group) is 1. The van der Waals surface area contributed by atoms with Crippen molar-refractivity contribution in [3.8, 4) is 0 Å². The topological polar surface area (TPSA) is 108 Å². The molecular formula is C36H69NO8P+. The molecule has 0 aromatic heterocycles. The van der Waals surface area contributed by atoms with Crippen LogP contribution in [0, 0.1) is 0 Å². The minimum Gasteiger partial charge on any atom is -0.462 e. The molecule has 0 aliphatic carbocycles. The van der Waals surface area contributed by atoms with E-state index < -0.39 is 26.5 Å². The predicted octanol–water partition coefficient (Wildman–Crippen LogP) is 9.24. The van der Waals surface area contributed by atoms with Crippen LogP contribution in [0.2, 0.25) is 0 Å². The normalized spacial score (nSPS) is 14.1. The van der Waals surface area contributed by atoms with Gasteiger partial charge in [-0.25, -0.2) is 4.57 Å². The number of carbonyl (C=O) groups is 2. The molecule has 0 aliphatic rings. The van der Waals surface area contributed by atoms with Gasteiger partial charge in [0, 0.05) is 12.8 Å². The fourth-order valence-electron chi connectivity index (χ4n) is 4.50. The van der Waals surface area contributed by atoms with Gasteiger partial charge >= 0.3 is 19.8 Å². The van der Waals surface area contributed by atoms with Crippen LogP contribution >= 0.6 is 7.82 Å². The zero-order valence-corrected chi connectivity index (χ0v) is 31.0. The lowest BCUT2D eigenvalue weighted by molar-refractivity contribution is -0.870. The predicted molar refractivity (Wildman–Crippen MR) is 187 cm³/mol. The van der Waals surface area contributed by atoms with Gasteiger partial charge < -0.3 is 18.9 Å². The molecule has 0 saturated heterocycles. The van der Waals surface area contributed by atoms with Crippen LogP contribution in [0.5, 0.6) is 0 Å². The summed E-state index contributed by atoms with van der Waals surface area (Å²) in [6.07, 6.45) is 28.0. The first kappa shape index (κ1) is 44.5. The van der Waals surface area contributed by atoms with Crippen molar-refractivity contribution in [2.24, 2.45) is 0 Å². The zero-order valence-electron chi connectivity index (χ0n) is 30.1. The first-order valence-corrected chi connectivity index (χ1v) is 19.6. The summed E-state index contributed by atoms with van der Waals surface area (Å²) < 4.78 is 34.0. The van der Waals surface area contributed by atoms with Crippen molar-refractivity contribution in [1.29, 1.82) is 0 Å². The Balaban J connectivity index is 4.50. The van der Waals surface area contributed by atoms with Crippen molar-refractivity contribution in [2.45, 2.75) is 148 Å². The first-order valence-electron chi connectivity index (χ1n) is 18.1. The monoisotopic (exact) mass is 674 g/mol. The van der Waals surface area contributed by atoms with Gasteiger partial charge in [0.2, 0.25) is 0 Å². The number of phosphoric acid groups is 1. The number of hydrogen-bond acceptors (Lipinski definition) is 7. The van der Waals surface area contributed by atoms with E-state index in [2.05, 4.69) is 38.2 Å². The Kier molecular flexibility index (Phi) is 28.6. The molecular weight excluding hydrogens is 605 g/mol. The maximum Gasteiger partial charge on any atom is 0.472 e. The molecule has 0 bridgehead atoms. The quantitative estimate of drug-likeness (QED) is 0.0247. The maximum atomic E-state index is 12.6. The highest BCUT2D eigenvalue weighted by Crippen LogP contribution is 2.43. The Morgan fingerprint density at radius 3 is 1.61 bits per heavy atom. The lowest BCUT2D eigenvalue weighted by atomic mass is 10.1. The maximum absolute atomic E-state index is 12.6. The van der Waals surface area contributed by atoms with Crippen molar-refractivity contribution in [3.63, 3.8) is 0 Å². The molecule has 0 saturated carbocycles. The van der Waals surface area contributed by atoms with Gasteiger partial charge in [-0.3, -0.25) is 18.6 Å². The molecule has 0 radical (unpaired) electrons. The molecule has 10 heteroatoms. The second-order valence-electron chi connectivity index (χ2n) is 13.2. The van der Waals surface area contributed by atoms with Crippen LogP contribution in [0.1, 0.15) is 142 Å². The summed E-state index contributed by atoms with van der Waals surface area (Å²) in [7, 11) is 1.46. The summed E-state index contributed by atoms with van der Waals surface area (Å²) in [6, 6.07) is 0. The highest BCUT2D eigenvalue weighted by molar-refractivity contribution is 7.47. The third-order valence-electron chi connectivity index (χ3n) is 7.45. The highest BCUT2D eigenvalue weighted by Gasteiger charge is 2.27. The van der Waals surface area contributed by atoms with Gasteiger partial charge in [-0.15, -0.1) is 0 Å². The second-order valence-corrected chi connectivity index (χ2v) is 14.7. The molecule has 0 fully saturated rings. The SMILES string of the molecule is CCCC/C=C\CCCCCCCC(=O)OC[C@H](COP(=O)(O)OCC[N+](C)(C)C)OC(=O)CCCCCCC/C=C\CCCC. The third-order valence-corrected chi connectivity index (χ3v) is 8.44. The number of phosphoric ester groups is 1. The van der Waals surface area contributed by atoms with Crippen molar-refractivity contribution < 1.29 is 42.1 Å². The minimum atomic E-state index is -4.36. The molecule has 1 unspecified atom stereocenters. The van der Waals surface area contributed by atoms with Gasteiger partial charge in [-0.05, 0) is 51.4 Å². The van der Waals surface area contributed by atoms with Gasteiger partial charge in [0.05, 0.1) is 27.7 Å². The number of rotatable bonds is 32. The number of ether oxygens (including phenoxy) is 2. The van der Waals surface area contributed by atoms with E-state index in [0.717, 1.165) is 83.5 Å². The Bertz CT molecular complexity index is 855. The van der Waals surface area contributed by atoms with E-state index in [4.69, 9.17) is 18.5 Å². The lowest BCUT2D eigenvalue weighted by Gasteiger charge is -2.24. The van der Waals surface area contributed by atoms with E-state index in [1.165, 1.54) is 25.7 Å². The van der Waals surface area contributed by atoms with Crippen molar-refractivity contribution in [1.82, 2.24) is 0 Å². The van der Waals surface area contributed by atoms with Crippen LogP contribution in [0.25, 0.3) is 0 Å². The molecule has 2 atom stereocenters. The molecule has 0 aliphatic heterocycles. The summed E-state index contributed by atoms with van der Waals surface area (Å²) in [5.41, 5.74) is 0. The fraction of sp³-hybridized carbons (Fsp3) is 0.833. The van der Waals surface area contributed by atoms with Gasteiger partial charge in [0.1, 0.15) is 19.8 Å². The summed E-state index contributed by atoms with van der Waals surface area (Å²) in [5, 5.41) is 0. The smallest absolute Gasteiger partial charge is 0.462 e. The molecule has 0 aromatic rings. The molecule has 270 valence electrons. The van der Waals surface area contributed by atoms with Crippen LogP contribution in [-0.2, 0) is 32.7 Å².